The molecule has 21 heavy (non-hydrogen) atoms. The Kier molecular flexibility index (Phi) is 4.59. The first-order chi connectivity index (χ1) is 10.3. The van der Waals surface area contributed by atoms with Gasteiger partial charge in [-0.15, -0.1) is 0 Å². The van der Waals surface area contributed by atoms with Gasteiger partial charge in [0.2, 0.25) is 0 Å². The van der Waals surface area contributed by atoms with Gasteiger partial charge >= 0.3 is 0 Å². The van der Waals surface area contributed by atoms with Crippen molar-refractivity contribution in [3.8, 4) is 0 Å². The van der Waals surface area contributed by atoms with E-state index in [1.807, 2.05) is 0 Å². The van der Waals surface area contributed by atoms with Crippen LogP contribution in [0.2, 0.25) is 0 Å². The van der Waals surface area contributed by atoms with E-state index in [0.29, 0.717) is 0 Å². The number of nitrogens with one attached hydrogen (secondary N) is 1. The molecular formula is C18H27N3. The van der Waals surface area contributed by atoms with Crippen molar-refractivity contribution in [2.75, 3.05) is 6.54 Å². The molecule has 0 bridgehead atoms. The summed E-state index contributed by atoms with van der Waals surface area (Å²) in [5.74, 6) is 2.13. The van der Waals surface area contributed by atoms with Crippen molar-refractivity contribution >= 4 is 11.0 Å². The monoisotopic (exact) mass is 285 g/mol. The number of hydrogen-bond acceptors (Lipinski definition) is 2. The first-order valence-electron chi connectivity index (χ1n) is 8.45. The predicted octanol–water partition coefficient (Wildman–Crippen LogP) is 3.77. The van der Waals surface area contributed by atoms with Gasteiger partial charge in [0.15, 0.2) is 0 Å². The molecule has 0 aliphatic heterocycles. The summed E-state index contributed by atoms with van der Waals surface area (Å²) in [6.07, 6.45) is 6.44. The minimum atomic E-state index is 0.723. The van der Waals surface area contributed by atoms with E-state index in [1.165, 1.54) is 37.0 Å². The van der Waals surface area contributed by atoms with Crippen LogP contribution in [0.3, 0.4) is 0 Å². The Morgan fingerprint density at radius 1 is 1.19 bits per heavy atom. The van der Waals surface area contributed by atoms with Gasteiger partial charge < -0.3 is 9.88 Å². The summed E-state index contributed by atoms with van der Waals surface area (Å²) >= 11 is 0. The largest absolute Gasteiger partial charge is 0.327 e. The zero-order valence-electron chi connectivity index (χ0n) is 13.3. The van der Waals surface area contributed by atoms with E-state index < -0.39 is 0 Å². The van der Waals surface area contributed by atoms with E-state index in [-0.39, 0.29) is 0 Å². The Balaban J connectivity index is 1.62. The summed E-state index contributed by atoms with van der Waals surface area (Å²) < 4.78 is 2.38. The average Bonchev–Trinajstić information content (AvgIpc) is 2.87. The summed E-state index contributed by atoms with van der Waals surface area (Å²) in [5.41, 5.74) is 2.40. The van der Waals surface area contributed by atoms with Gasteiger partial charge in [-0.2, -0.15) is 0 Å². The highest BCUT2D eigenvalue weighted by Crippen LogP contribution is 2.23. The van der Waals surface area contributed by atoms with Crippen molar-refractivity contribution < 1.29 is 0 Å². The van der Waals surface area contributed by atoms with Crippen LogP contribution in [-0.2, 0) is 13.0 Å². The number of rotatable bonds is 5. The summed E-state index contributed by atoms with van der Waals surface area (Å²) in [5, 5.41) is 3.75. The van der Waals surface area contributed by atoms with Crippen molar-refractivity contribution in [3.05, 3.63) is 30.1 Å². The lowest BCUT2D eigenvalue weighted by molar-refractivity contribution is 0.305. The van der Waals surface area contributed by atoms with Gasteiger partial charge in [0.25, 0.3) is 0 Å². The number of benzene rings is 1. The van der Waals surface area contributed by atoms with Gasteiger partial charge in [-0.3, -0.25) is 0 Å². The number of fused-ring (bicyclic) bond motifs is 1. The van der Waals surface area contributed by atoms with Crippen molar-refractivity contribution in [1.82, 2.24) is 14.9 Å². The van der Waals surface area contributed by atoms with Crippen molar-refractivity contribution in [2.45, 2.75) is 58.5 Å². The second-order valence-electron chi connectivity index (χ2n) is 6.43. The number of imidazole rings is 1. The molecule has 3 rings (SSSR count). The third-order valence-corrected chi connectivity index (χ3v) is 4.83. The summed E-state index contributed by atoms with van der Waals surface area (Å²) in [6.45, 7) is 6.64. The molecule has 3 heteroatoms. The van der Waals surface area contributed by atoms with Crippen molar-refractivity contribution in [1.29, 1.82) is 0 Å². The molecule has 0 spiro atoms. The highest BCUT2D eigenvalue weighted by molar-refractivity contribution is 5.75. The highest BCUT2D eigenvalue weighted by atomic mass is 15.1. The molecule has 1 saturated carbocycles. The minimum absolute atomic E-state index is 0.723. The first kappa shape index (κ1) is 14.6. The molecule has 0 unspecified atom stereocenters. The third kappa shape index (κ3) is 3.29. The zero-order chi connectivity index (χ0) is 14.7. The number of aromatic nitrogens is 2. The Morgan fingerprint density at radius 3 is 2.71 bits per heavy atom. The van der Waals surface area contributed by atoms with Crippen molar-refractivity contribution in [3.63, 3.8) is 0 Å². The van der Waals surface area contributed by atoms with Crippen LogP contribution in [-0.4, -0.2) is 22.1 Å². The maximum Gasteiger partial charge on any atom is 0.109 e. The Hall–Kier alpha value is -1.35. The Bertz CT molecular complexity index is 579. The van der Waals surface area contributed by atoms with Gasteiger partial charge in [0.1, 0.15) is 5.82 Å². The van der Waals surface area contributed by atoms with Crippen LogP contribution in [0.15, 0.2) is 24.3 Å². The van der Waals surface area contributed by atoms with E-state index >= 15 is 0 Å². The van der Waals surface area contributed by atoms with E-state index in [1.54, 1.807) is 0 Å². The quantitative estimate of drug-likeness (QED) is 0.906. The molecule has 1 aromatic carbocycles. The molecule has 2 aromatic rings. The molecule has 0 saturated heterocycles. The minimum Gasteiger partial charge on any atom is -0.327 e. The summed E-state index contributed by atoms with van der Waals surface area (Å²) in [7, 11) is 0. The molecule has 1 fully saturated rings. The lowest BCUT2D eigenvalue weighted by Gasteiger charge is -2.27. The van der Waals surface area contributed by atoms with Crippen molar-refractivity contribution in [2.24, 2.45) is 5.92 Å². The fourth-order valence-corrected chi connectivity index (χ4v) is 3.49. The second-order valence-corrected chi connectivity index (χ2v) is 6.43. The normalized spacial score (nSPS) is 22.8. The van der Waals surface area contributed by atoms with Gasteiger partial charge in [0.05, 0.1) is 11.0 Å². The molecule has 0 radical (unpaired) electrons. The standard InChI is InChI=1S/C18H27N3/c1-3-18-20-16-6-4-5-7-17(16)21(18)13-12-19-15-10-8-14(2)9-11-15/h4-7,14-15,19H,3,8-13H2,1-2H3. The molecular weight excluding hydrogens is 258 g/mol. The summed E-state index contributed by atoms with van der Waals surface area (Å²) in [6, 6.07) is 9.20. The van der Waals surface area contributed by atoms with Crippen LogP contribution in [0.1, 0.15) is 45.4 Å². The Labute approximate surface area is 127 Å². The lowest BCUT2D eigenvalue weighted by Crippen LogP contribution is -2.35. The van der Waals surface area contributed by atoms with Gasteiger partial charge in [-0.05, 0) is 43.7 Å². The molecule has 0 amide bonds. The van der Waals surface area contributed by atoms with Crippen LogP contribution in [0.4, 0.5) is 0 Å². The van der Waals surface area contributed by atoms with Crippen LogP contribution >= 0.6 is 0 Å². The SMILES string of the molecule is CCc1nc2ccccc2n1CCNC1CCC(C)CC1. The molecule has 114 valence electrons. The molecule has 1 aliphatic rings. The smallest absolute Gasteiger partial charge is 0.109 e. The lowest BCUT2D eigenvalue weighted by atomic mass is 9.87. The third-order valence-electron chi connectivity index (χ3n) is 4.83. The van der Waals surface area contributed by atoms with E-state index in [4.69, 9.17) is 4.98 Å². The average molecular weight is 285 g/mol. The van der Waals surface area contributed by atoms with E-state index in [9.17, 15) is 0 Å². The van der Waals surface area contributed by atoms with Crippen LogP contribution < -0.4 is 5.32 Å². The molecule has 3 nitrogen and oxygen atoms in total. The Morgan fingerprint density at radius 2 is 1.95 bits per heavy atom. The fourth-order valence-electron chi connectivity index (χ4n) is 3.49. The van der Waals surface area contributed by atoms with Gasteiger partial charge in [-0.1, -0.05) is 26.0 Å². The number of para-hydroxylation sites is 2. The topological polar surface area (TPSA) is 29.9 Å². The van der Waals surface area contributed by atoms with Gasteiger partial charge in [0, 0.05) is 25.6 Å². The molecule has 1 aliphatic carbocycles. The van der Waals surface area contributed by atoms with E-state index in [0.717, 1.165) is 37.0 Å². The predicted molar refractivity (Wildman–Crippen MR) is 88.5 cm³/mol. The molecule has 0 atom stereocenters. The fraction of sp³-hybridized carbons (Fsp3) is 0.611. The van der Waals surface area contributed by atoms with E-state index in [2.05, 4.69) is 48.0 Å². The molecule has 1 N–H and O–H groups in total. The van der Waals surface area contributed by atoms with Crippen LogP contribution in [0.5, 0.6) is 0 Å². The number of nitrogens with zero attached hydrogens (tertiary/aromatic N) is 2. The second kappa shape index (κ2) is 6.61. The maximum absolute atomic E-state index is 4.74. The maximum atomic E-state index is 4.74. The summed E-state index contributed by atoms with van der Waals surface area (Å²) in [4.78, 5) is 4.74. The molecule has 1 heterocycles. The zero-order valence-corrected chi connectivity index (χ0v) is 13.3. The highest BCUT2D eigenvalue weighted by Gasteiger charge is 2.17. The van der Waals surface area contributed by atoms with Crippen LogP contribution in [0.25, 0.3) is 11.0 Å². The number of aryl methyl sites for hydroxylation is 1. The van der Waals surface area contributed by atoms with Crippen LogP contribution in [0, 0.1) is 5.92 Å². The first-order valence-corrected chi connectivity index (χ1v) is 8.45. The number of hydrogen-bond donors (Lipinski definition) is 1. The van der Waals surface area contributed by atoms with Gasteiger partial charge in [-0.25, -0.2) is 4.98 Å². The molecule has 1 aromatic heterocycles.